The maximum absolute atomic E-state index is 12.5. The van der Waals surface area contributed by atoms with Crippen LogP contribution in [0.2, 0.25) is 0 Å². The summed E-state index contributed by atoms with van der Waals surface area (Å²) in [7, 11) is -3.98. The topological polar surface area (TPSA) is 149 Å². The molecule has 0 saturated carbocycles. The smallest absolute Gasteiger partial charge is 0.303 e. The second kappa shape index (κ2) is 9.82. The summed E-state index contributed by atoms with van der Waals surface area (Å²) in [5.41, 5.74) is -1.72. The fourth-order valence-electron chi connectivity index (χ4n) is 2.64. The number of carbonyl (C=O) groups is 4. The average Bonchev–Trinajstić information content (AvgIpc) is 2.55. The van der Waals surface area contributed by atoms with Gasteiger partial charge in [-0.1, -0.05) is 6.92 Å². The molecule has 28 heavy (non-hydrogen) atoms. The average molecular weight is 424 g/mol. The van der Waals surface area contributed by atoms with Gasteiger partial charge in [-0.15, -0.1) is 0 Å². The minimum Gasteiger partial charge on any atom is -0.463 e. The predicted octanol–water partition coefficient (Wildman–Crippen LogP) is -0.496. The lowest BCUT2D eigenvalue weighted by Gasteiger charge is -2.43. The third-order valence-electron chi connectivity index (χ3n) is 3.70. The maximum Gasteiger partial charge on any atom is 0.303 e. The molecule has 0 aromatic heterocycles. The summed E-state index contributed by atoms with van der Waals surface area (Å²) >= 11 is 0. The molecule has 5 atom stereocenters. The Morgan fingerprint density at radius 3 is 1.68 bits per heavy atom. The zero-order valence-corrected chi connectivity index (χ0v) is 17.0. The van der Waals surface area contributed by atoms with E-state index < -0.39 is 70.2 Å². The number of hydrogen-bond acceptors (Lipinski definition) is 11. The van der Waals surface area contributed by atoms with Crippen molar-refractivity contribution in [3.8, 4) is 0 Å². The zero-order chi connectivity index (χ0) is 21.6. The van der Waals surface area contributed by atoms with E-state index in [2.05, 4.69) is 0 Å². The van der Waals surface area contributed by atoms with E-state index in [-0.39, 0.29) is 5.75 Å². The van der Waals surface area contributed by atoms with Gasteiger partial charge >= 0.3 is 23.9 Å². The third kappa shape index (κ3) is 6.44. The van der Waals surface area contributed by atoms with E-state index in [0.717, 1.165) is 27.7 Å². The summed E-state index contributed by atoms with van der Waals surface area (Å²) in [6.45, 7) is 5.15. The maximum atomic E-state index is 12.5. The van der Waals surface area contributed by atoms with Crippen molar-refractivity contribution in [1.82, 2.24) is 0 Å². The first-order valence-corrected chi connectivity index (χ1v) is 10.1. The highest BCUT2D eigenvalue weighted by molar-refractivity contribution is 7.91. The Morgan fingerprint density at radius 2 is 1.25 bits per heavy atom. The third-order valence-corrected chi connectivity index (χ3v) is 5.60. The highest BCUT2D eigenvalue weighted by Crippen LogP contribution is 2.32. The molecule has 1 rings (SSSR count). The minimum absolute atomic E-state index is 0.374. The number of sulfone groups is 1. The summed E-state index contributed by atoms with van der Waals surface area (Å²) < 4.78 is 50.8. The molecule has 0 unspecified atom stereocenters. The molecule has 0 spiro atoms. The van der Waals surface area contributed by atoms with Crippen LogP contribution in [0.25, 0.3) is 0 Å². The molecule has 160 valence electrons. The molecular weight excluding hydrogens is 400 g/mol. The van der Waals surface area contributed by atoms with Crippen molar-refractivity contribution in [3.05, 3.63) is 0 Å². The van der Waals surface area contributed by atoms with Crippen LogP contribution in [-0.2, 0) is 52.7 Å². The fourth-order valence-corrected chi connectivity index (χ4v) is 3.90. The van der Waals surface area contributed by atoms with E-state index in [1.165, 1.54) is 6.92 Å². The van der Waals surface area contributed by atoms with Crippen molar-refractivity contribution in [3.63, 3.8) is 0 Å². The quantitative estimate of drug-likeness (QED) is 0.385. The molecule has 1 heterocycles. The number of ether oxygens (including phenoxy) is 5. The number of carbonyl (C=O) groups excluding carboxylic acids is 4. The minimum atomic E-state index is -3.98. The Morgan fingerprint density at radius 1 is 0.786 bits per heavy atom. The first-order valence-electron chi connectivity index (χ1n) is 8.41. The molecule has 0 aromatic carbocycles. The fraction of sp³-hybridized carbons (Fsp3) is 0.750. The van der Waals surface area contributed by atoms with Gasteiger partial charge in [-0.25, -0.2) is 8.42 Å². The monoisotopic (exact) mass is 424 g/mol. The molecule has 0 aliphatic carbocycles. The largest absolute Gasteiger partial charge is 0.463 e. The molecular formula is C16H24O11S. The second-order valence-corrected chi connectivity index (χ2v) is 8.39. The van der Waals surface area contributed by atoms with E-state index in [0.29, 0.717) is 0 Å². The first-order chi connectivity index (χ1) is 12.9. The van der Waals surface area contributed by atoms with Gasteiger partial charge in [-0.3, -0.25) is 19.2 Å². The molecule has 0 N–H and O–H groups in total. The molecule has 0 radical (unpaired) electrons. The van der Waals surface area contributed by atoms with Crippen LogP contribution < -0.4 is 0 Å². The van der Waals surface area contributed by atoms with Gasteiger partial charge in [-0.2, -0.15) is 0 Å². The number of rotatable bonds is 7. The second-order valence-electron chi connectivity index (χ2n) is 6.02. The van der Waals surface area contributed by atoms with Crippen LogP contribution in [0.1, 0.15) is 34.6 Å². The Hall–Kier alpha value is -2.21. The van der Waals surface area contributed by atoms with Gasteiger partial charge in [0.25, 0.3) is 0 Å². The van der Waals surface area contributed by atoms with Crippen molar-refractivity contribution in [2.75, 3.05) is 12.4 Å². The van der Waals surface area contributed by atoms with Crippen LogP contribution in [0.3, 0.4) is 0 Å². The van der Waals surface area contributed by atoms with Gasteiger partial charge in [0, 0.05) is 27.7 Å². The summed E-state index contributed by atoms with van der Waals surface area (Å²) in [6.07, 6.45) is -5.75. The molecule has 1 fully saturated rings. The SMILES string of the molecule is CCS(=O)(=O)[C@@H]1O[C@H](COC(C)=O)[C@@H](OC(C)=O)[C@H](OC(C)=O)[C@H]1OC(C)=O. The van der Waals surface area contributed by atoms with Crippen molar-refractivity contribution in [1.29, 1.82) is 0 Å². The lowest BCUT2D eigenvalue weighted by Crippen LogP contribution is -2.64. The zero-order valence-electron chi connectivity index (χ0n) is 16.2. The van der Waals surface area contributed by atoms with Crippen molar-refractivity contribution < 1.29 is 51.3 Å². The number of hydrogen-bond donors (Lipinski definition) is 0. The molecule has 0 amide bonds. The Balaban J connectivity index is 3.46. The summed E-state index contributed by atoms with van der Waals surface area (Å²) in [5.74, 6) is -3.55. The predicted molar refractivity (Wildman–Crippen MR) is 91.4 cm³/mol. The van der Waals surface area contributed by atoms with Crippen LogP contribution in [0.4, 0.5) is 0 Å². The standard InChI is InChI=1S/C16H24O11S/c1-6-28(21,22)16-15(26-11(5)20)14(25-10(4)19)13(24-9(3)18)12(27-16)7-23-8(2)17/h12-16H,6-7H2,1-5H3/t12-,13-,14+,15-,16+/m1/s1. The Bertz CT molecular complexity index is 714. The van der Waals surface area contributed by atoms with Crippen LogP contribution in [0.5, 0.6) is 0 Å². The van der Waals surface area contributed by atoms with Gasteiger partial charge in [0.05, 0.1) is 5.75 Å². The van der Waals surface area contributed by atoms with Crippen molar-refractivity contribution >= 4 is 33.7 Å². The van der Waals surface area contributed by atoms with Crippen LogP contribution in [0, 0.1) is 0 Å². The van der Waals surface area contributed by atoms with Gasteiger partial charge in [-0.05, 0) is 0 Å². The molecule has 1 aliphatic rings. The Labute approximate surface area is 162 Å². The van der Waals surface area contributed by atoms with Crippen LogP contribution >= 0.6 is 0 Å². The highest BCUT2D eigenvalue weighted by Gasteiger charge is 2.55. The van der Waals surface area contributed by atoms with E-state index >= 15 is 0 Å². The molecule has 1 aliphatic heterocycles. The summed E-state index contributed by atoms with van der Waals surface area (Å²) in [6, 6.07) is 0. The van der Waals surface area contributed by atoms with E-state index in [1.54, 1.807) is 0 Å². The number of esters is 4. The van der Waals surface area contributed by atoms with E-state index in [4.69, 9.17) is 23.7 Å². The normalized spacial score (nSPS) is 27.4. The summed E-state index contributed by atoms with van der Waals surface area (Å²) in [5, 5.41) is 0. The Kier molecular flexibility index (Phi) is 8.36. The molecule has 12 heteroatoms. The molecule has 11 nitrogen and oxygen atoms in total. The molecule has 1 saturated heterocycles. The van der Waals surface area contributed by atoms with Crippen LogP contribution in [0.15, 0.2) is 0 Å². The summed E-state index contributed by atoms with van der Waals surface area (Å²) in [4.78, 5) is 45.8. The van der Waals surface area contributed by atoms with E-state index in [9.17, 15) is 27.6 Å². The van der Waals surface area contributed by atoms with Crippen molar-refractivity contribution in [2.24, 2.45) is 0 Å². The first kappa shape index (κ1) is 23.8. The highest BCUT2D eigenvalue weighted by atomic mass is 32.2. The van der Waals surface area contributed by atoms with E-state index in [1.807, 2.05) is 0 Å². The molecule has 0 aromatic rings. The van der Waals surface area contributed by atoms with Crippen LogP contribution in [-0.4, -0.2) is 74.5 Å². The molecule has 0 bridgehead atoms. The lowest BCUT2D eigenvalue weighted by atomic mass is 9.99. The van der Waals surface area contributed by atoms with Crippen molar-refractivity contribution in [2.45, 2.75) is 64.5 Å². The van der Waals surface area contributed by atoms with Gasteiger partial charge in [0.1, 0.15) is 12.7 Å². The van der Waals surface area contributed by atoms with Gasteiger partial charge in [0.15, 0.2) is 33.6 Å². The van der Waals surface area contributed by atoms with Gasteiger partial charge < -0.3 is 23.7 Å². The van der Waals surface area contributed by atoms with Gasteiger partial charge in [0.2, 0.25) is 0 Å². The lowest BCUT2D eigenvalue weighted by molar-refractivity contribution is -0.238.